The Hall–Kier alpha value is -3.21. The molecular formula is C19H18ClF3N4O4. The number of carbonyl (C=O) groups excluding carboxylic acids is 1. The van der Waals surface area contributed by atoms with Crippen LogP contribution in [0.15, 0.2) is 24.4 Å². The van der Waals surface area contributed by atoms with E-state index in [1.807, 2.05) is 0 Å². The average molecular weight is 459 g/mol. The number of ether oxygens (including phenoxy) is 3. The van der Waals surface area contributed by atoms with E-state index in [0.717, 1.165) is 16.7 Å². The number of hydrogen-bond acceptors (Lipinski definition) is 6. The van der Waals surface area contributed by atoms with Gasteiger partial charge in [-0.05, 0) is 23.8 Å². The normalized spacial score (nSPS) is 11.5. The second kappa shape index (κ2) is 8.88. The van der Waals surface area contributed by atoms with Crippen LogP contribution in [0.5, 0.6) is 17.2 Å². The number of nitrogens with one attached hydrogen (secondary N) is 1. The molecule has 3 aromatic rings. The van der Waals surface area contributed by atoms with Crippen molar-refractivity contribution in [3.8, 4) is 17.2 Å². The number of nitrogens with zero attached hydrogens (tertiary/aromatic N) is 3. The molecule has 0 fully saturated rings. The second-order valence-electron chi connectivity index (χ2n) is 6.37. The van der Waals surface area contributed by atoms with Crippen LogP contribution in [-0.2, 0) is 23.9 Å². The predicted octanol–water partition coefficient (Wildman–Crippen LogP) is 3.29. The van der Waals surface area contributed by atoms with Crippen LogP contribution in [0.3, 0.4) is 0 Å². The first-order valence-corrected chi connectivity index (χ1v) is 9.21. The van der Waals surface area contributed by atoms with Crippen LogP contribution >= 0.6 is 11.6 Å². The van der Waals surface area contributed by atoms with E-state index in [-0.39, 0.29) is 29.5 Å². The summed E-state index contributed by atoms with van der Waals surface area (Å²) in [5.41, 5.74) is -0.307. The monoisotopic (exact) mass is 458 g/mol. The number of methoxy groups -OCH3 is 3. The molecule has 0 bridgehead atoms. The summed E-state index contributed by atoms with van der Waals surface area (Å²) in [6.45, 7) is -0.151. The van der Waals surface area contributed by atoms with Crippen molar-refractivity contribution >= 4 is 23.2 Å². The SMILES string of the molecule is COc1cc(CC(=O)NCc2nnc3c(Cl)cc(C(F)(F)F)cn23)cc(OC)c1OC. The number of hydrogen-bond donors (Lipinski definition) is 1. The minimum atomic E-state index is -4.59. The minimum absolute atomic E-state index is 0.0397. The largest absolute Gasteiger partial charge is 0.493 e. The van der Waals surface area contributed by atoms with Gasteiger partial charge in [0, 0.05) is 6.20 Å². The van der Waals surface area contributed by atoms with Crippen LogP contribution in [0.4, 0.5) is 13.2 Å². The summed E-state index contributed by atoms with van der Waals surface area (Å²) < 4.78 is 56.0. The van der Waals surface area contributed by atoms with E-state index in [2.05, 4.69) is 15.5 Å². The molecule has 8 nitrogen and oxygen atoms in total. The van der Waals surface area contributed by atoms with E-state index >= 15 is 0 Å². The van der Waals surface area contributed by atoms with Gasteiger partial charge in [-0.3, -0.25) is 9.20 Å². The molecule has 0 aliphatic carbocycles. The van der Waals surface area contributed by atoms with E-state index in [9.17, 15) is 18.0 Å². The van der Waals surface area contributed by atoms with Crippen LogP contribution in [0, 0.1) is 0 Å². The highest BCUT2D eigenvalue weighted by Gasteiger charge is 2.32. The molecule has 166 valence electrons. The summed E-state index contributed by atoms with van der Waals surface area (Å²) in [7, 11) is 4.38. The highest BCUT2D eigenvalue weighted by molar-refractivity contribution is 6.33. The summed E-state index contributed by atoms with van der Waals surface area (Å²) >= 11 is 5.89. The molecule has 0 aliphatic heterocycles. The molecule has 0 atom stereocenters. The minimum Gasteiger partial charge on any atom is -0.493 e. The average Bonchev–Trinajstić information content (AvgIpc) is 3.14. The Bertz CT molecular complexity index is 1090. The third-order valence-electron chi connectivity index (χ3n) is 4.39. The summed E-state index contributed by atoms with van der Waals surface area (Å²) in [6, 6.07) is 4.03. The first kappa shape index (κ1) is 22.5. The summed E-state index contributed by atoms with van der Waals surface area (Å²) in [6.07, 6.45) is -3.79. The molecule has 0 radical (unpaired) electrons. The van der Waals surface area contributed by atoms with Crippen LogP contribution in [-0.4, -0.2) is 41.8 Å². The highest BCUT2D eigenvalue weighted by atomic mass is 35.5. The third-order valence-corrected chi connectivity index (χ3v) is 4.67. The lowest BCUT2D eigenvalue weighted by Crippen LogP contribution is -2.25. The molecule has 31 heavy (non-hydrogen) atoms. The Kier molecular flexibility index (Phi) is 6.44. The van der Waals surface area contributed by atoms with Gasteiger partial charge in [-0.15, -0.1) is 10.2 Å². The summed E-state index contributed by atoms with van der Waals surface area (Å²) in [4.78, 5) is 12.4. The number of carbonyl (C=O) groups is 1. The molecule has 0 saturated carbocycles. The second-order valence-corrected chi connectivity index (χ2v) is 6.78. The van der Waals surface area contributed by atoms with Gasteiger partial charge in [0.05, 0.1) is 44.9 Å². The number of alkyl halides is 3. The van der Waals surface area contributed by atoms with Crippen molar-refractivity contribution in [2.45, 2.75) is 19.1 Å². The molecule has 0 unspecified atom stereocenters. The Morgan fingerprint density at radius 2 is 1.74 bits per heavy atom. The molecule has 3 rings (SSSR count). The van der Waals surface area contributed by atoms with Crippen molar-refractivity contribution in [1.29, 1.82) is 0 Å². The number of amides is 1. The predicted molar refractivity (Wildman–Crippen MR) is 105 cm³/mol. The van der Waals surface area contributed by atoms with Gasteiger partial charge in [0.25, 0.3) is 0 Å². The van der Waals surface area contributed by atoms with Gasteiger partial charge in [-0.25, -0.2) is 0 Å². The number of benzene rings is 1. The maximum Gasteiger partial charge on any atom is 0.417 e. The van der Waals surface area contributed by atoms with E-state index in [1.54, 1.807) is 12.1 Å². The molecular weight excluding hydrogens is 441 g/mol. The van der Waals surface area contributed by atoms with Crippen LogP contribution in [0.2, 0.25) is 5.02 Å². The lowest BCUT2D eigenvalue weighted by atomic mass is 10.1. The van der Waals surface area contributed by atoms with Gasteiger partial charge in [0.1, 0.15) is 0 Å². The number of pyridine rings is 1. The Balaban J connectivity index is 1.77. The summed E-state index contributed by atoms with van der Waals surface area (Å²) in [5, 5.41) is 10.0. The van der Waals surface area contributed by atoms with Crippen LogP contribution < -0.4 is 19.5 Å². The fourth-order valence-corrected chi connectivity index (χ4v) is 3.18. The van der Waals surface area contributed by atoms with Crippen molar-refractivity contribution in [2.75, 3.05) is 21.3 Å². The van der Waals surface area contributed by atoms with Crippen molar-refractivity contribution in [2.24, 2.45) is 0 Å². The molecule has 1 N–H and O–H groups in total. The Morgan fingerprint density at radius 1 is 1.10 bits per heavy atom. The molecule has 1 aromatic carbocycles. The zero-order chi connectivity index (χ0) is 22.8. The Morgan fingerprint density at radius 3 is 2.29 bits per heavy atom. The van der Waals surface area contributed by atoms with Crippen LogP contribution in [0.25, 0.3) is 5.65 Å². The van der Waals surface area contributed by atoms with Gasteiger partial charge in [-0.1, -0.05) is 11.6 Å². The number of rotatable bonds is 7. The zero-order valence-corrected chi connectivity index (χ0v) is 17.5. The molecule has 0 saturated heterocycles. The molecule has 0 spiro atoms. The van der Waals surface area contributed by atoms with Gasteiger partial charge < -0.3 is 19.5 Å². The first-order chi connectivity index (χ1) is 14.7. The number of halogens is 4. The molecule has 1 amide bonds. The van der Waals surface area contributed by atoms with Crippen molar-refractivity contribution in [3.05, 3.63) is 46.4 Å². The third kappa shape index (κ3) is 4.76. The van der Waals surface area contributed by atoms with E-state index in [4.69, 9.17) is 25.8 Å². The first-order valence-electron chi connectivity index (χ1n) is 8.83. The molecule has 2 heterocycles. The van der Waals surface area contributed by atoms with Crippen molar-refractivity contribution in [3.63, 3.8) is 0 Å². The smallest absolute Gasteiger partial charge is 0.417 e. The number of aromatic nitrogens is 3. The summed E-state index contributed by atoms with van der Waals surface area (Å²) in [5.74, 6) is 0.872. The molecule has 0 aliphatic rings. The van der Waals surface area contributed by atoms with Gasteiger partial charge in [-0.2, -0.15) is 13.2 Å². The maximum atomic E-state index is 13.1. The molecule has 2 aromatic heterocycles. The lowest BCUT2D eigenvalue weighted by Gasteiger charge is -2.14. The van der Waals surface area contributed by atoms with Gasteiger partial charge in [0.2, 0.25) is 11.7 Å². The fraction of sp³-hybridized carbons (Fsp3) is 0.316. The Labute approximate surface area is 179 Å². The molecule has 12 heteroatoms. The highest BCUT2D eigenvalue weighted by Crippen LogP contribution is 2.38. The zero-order valence-electron chi connectivity index (χ0n) is 16.7. The van der Waals surface area contributed by atoms with E-state index in [0.29, 0.717) is 22.8 Å². The maximum absolute atomic E-state index is 13.1. The van der Waals surface area contributed by atoms with Crippen molar-refractivity contribution in [1.82, 2.24) is 19.9 Å². The van der Waals surface area contributed by atoms with E-state index < -0.39 is 17.6 Å². The van der Waals surface area contributed by atoms with Crippen molar-refractivity contribution < 1.29 is 32.2 Å². The number of fused-ring (bicyclic) bond motifs is 1. The van der Waals surface area contributed by atoms with E-state index in [1.165, 1.54) is 21.3 Å². The lowest BCUT2D eigenvalue weighted by molar-refractivity contribution is -0.137. The fourth-order valence-electron chi connectivity index (χ4n) is 2.94. The van der Waals surface area contributed by atoms with Gasteiger partial charge >= 0.3 is 6.18 Å². The topological polar surface area (TPSA) is 87.0 Å². The van der Waals surface area contributed by atoms with Gasteiger partial charge in [0.15, 0.2) is 23.0 Å². The quantitative estimate of drug-likeness (QED) is 0.584. The van der Waals surface area contributed by atoms with Crippen LogP contribution in [0.1, 0.15) is 17.0 Å². The standard InChI is InChI=1S/C19H18ClF3N4O4/c1-29-13-4-10(5-14(30-2)17(13)31-3)6-16(28)24-8-15-25-26-18-12(20)7-11(9-27(15)18)19(21,22)23/h4-5,7,9H,6,8H2,1-3H3,(H,24,28).